The van der Waals surface area contributed by atoms with Gasteiger partial charge in [0.25, 0.3) is 0 Å². The van der Waals surface area contributed by atoms with E-state index in [1.807, 2.05) is 18.2 Å². The minimum atomic E-state index is 0.118. The Balaban J connectivity index is 2.81. The highest BCUT2D eigenvalue weighted by molar-refractivity contribution is 9.10. The van der Waals surface area contributed by atoms with Gasteiger partial charge in [0.2, 0.25) is 0 Å². The lowest BCUT2D eigenvalue weighted by atomic mass is 9.98. The predicted molar refractivity (Wildman–Crippen MR) is 73.3 cm³/mol. The van der Waals surface area contributed by atoms with Crippen LogP contribution in [0.1, 0.15) is 38.3 Å². The molecule has 1 unspecified atom stereocenters. The lowest BCUT2D eigenvalue weighted by Crippen LogP contribution is -2.28. The summed E-state index contributed by atoms with van der Waals surface area (Å²) < 4.78 is 1.02. The van der Waals surface area contributed by atoms with E-state index in [0.29, 0.717) is 5.92 Å². The fraction of sp³-hybridized carbons (Fsp3) is 0.500. The molecule has 1 aromatic carbocycles. The number of nitrogens with one attached hydrogen (secondary N) is 1. The van der Waals surface area contributed by atoms with Gasteiger partial charge in [-0.3, -0.25) is 11.3 Å². The van der Waals surface area contributed by atoms with E-state index in [2.05, 4.69) is 35.2 Å². The summed E-state index contributed by atoms with van der Waals surface area (Å²) in [7, 11) is 0. The van der Waals surface area contributed by atoms with Crippen molar-refractivity contribution >= 4 is 27.5 Å². The molecule has 0 radical (unpaired) electrons. The summed E-state index contributed by atoms with van der Waals surface area (Å²) in [6.45, 7) is 4.41. The highest BCUT2D eigenvalue weighted by Crippen LogP contribution is 2.29. The van der Waals surface area contributed by atoms with Gasteiger partial charge >= 0.3 is 0 Å². The van der Waals surface area contributed by atoms with E-state index in [4.69, 9.17) is 17.4 Å². The molecule has 0 aliphatic rings. The first-order valence-electron chi connectivity index (χ1n) is 5.45. The zero-order chi connectivity index (χ0) is 12.1. The van der Waals surface area contributed by atoms with Crippen LogP contribution in [0.25, 0.3) is 0 Å². The number of nitrogens with two attached hydrogens (primary N) is 1. The van der Waals surface area contributed by atoms with Crippen LogP contribution < -0.4 is 11.3 Å². The zero-order valence-corrected chi connectivity index (χ0v) is 12.0. The van der Waals surface area contributed by atoms with E-state index in [9.17, 15) is 0 Å². The molecule has 2 nitrogen and oxygen atoms in total. The summed E-state index contributed by atoms with van der Waals surface area (Å²) in [4.78, 5) is 0. The van der Waals surface area contributed by atoms with Gasteiger partial charge in [0.05, 0.1) is 0 Å². The van der Waals surface area contributed by atoms with Crippen molar-refractivity contribution in [2.45, 2.75) is 32.7 Å². The van der Waals surface area contributed by atoms with Crippen molar-refractivity contribution in [3.63, 3.8) is 0 Å². The lowest BCUT2D eigenvalue weighted by Gasteiger charge is -2.19. The Hall–Kier alpha value is -0.0900. The Kier molecular flexibility index (Phi) is 5.76. The molecule has 1 rings (SSSR count). The molecule has 16 heavy (non-hydrogen) atoms. The van der Waals surface area contributed by atoms with Crippen LogP contribution in [0.3, 0.4) is 0 Å². The first-order valence-corrected chi connectivity index (χ1v) is 6.62. The summed E-state index contributed by atoms with van der Waals surface area (Å²) >= 11 is 9.62. The molecule has 0 aromatic heterocycles. The smallest absolute Gasteiger partial charge is 0.0475 e. The standard InChI is InChI=1S/C12H18BrClN2/c1-8(2)3-6-12(16-15)10-7-9(13)4-5-11(10)14/h4-5,7-8,12,16H,3,6,15H2,1-2H3. The zero-order valence-electron chi connectivity index (χ0n) is 9.63. The van der Waals surface area contributed by atoms with Crippen molar-refractivity contribution in [3.05, 3.63) is 33.3 Å². The molecule has 4 heteroatoms. The van der Waals surface area contributed by atoms with Gasteiger partial charge in [0, 0.05) is 15.5 Å². The summed E-state index contributed by atoms with van der Waals surface area (Å²) in [6, 6.07) is 5.96. The third-order valence-corrected chi connectivity index (χ3v) is 3.40. The van der Waals surface area contributed by atoms with Gasteiger partial charge in [-0.2, -0.15) is 0 Å². The van der Waals surface area contributed by atoms with Crippen LogP contribution in [0.2, 0.25) is 5.02 Å². The largest absolute Gasteiger partial charge is 0.271 e. The molecule has 0 amide bonds. The second-order valence-electron chi connectivity index (χ2n) is 4.36. The number of hydrogen-bond acceptors (Lipinski definition) is 2. The predicted octanol–water partition coefficient (Wildman–Crippen LogP) is 4.04. The third kappa shape index (κ3) is 4.06. The molecule has 90 valence electrons. The van der Waals surface area contributed by atoms with Crippen LogP contribution in [-0.2, 0) is 0 Å². The Bertz CT molecular complexity index is 342. The first-order chi connectivity index (χ1) is 7.54. The van der Waals surface area contributed by atoms with E-state index in [-0.39, 0.29) is 6.04 Å². The van der Waals surface area contributed by atoms with Gasteiger partial charge in [-0.05, 0) is 42.5 Å². The minimum absolute atomic E-state index is 0.118. The van der Waals surface area contributed by atoms with Gasteiger partial charge in [-0.25, -0.2) is 0 Å². The summed E-state index contributed by atoms with van der Waals surface area (Å²) in [5, 5.41) is 0.759. The number of hydrazine groups is 1. The second-order valence-corrected chi connectivity index (χ2v) is 5.68. The molecule has 0 heterocycles. The highest BCUT2D eigenvalue weighted by atomic mass is 79.9. The lowest BCUT2D eigenvalue weighted by molar-refractivity contribution is 0.448. The Labute approximate surface area is 111 Å². The van der Waals surface area contributed by atoms with Crippen LogP contribution in [0.5, 0.6) is 0 Å². The monoisotopic (exact) mass is 304 g/mol. The molecule has 0 spiro atoms. The molecule has 0 fully saturated rings. The van der Waals surface area contributed by atoms with E-state index < -0.39 is 0 Å². The van der Waals surface area contributed by atoms with E-state index >= 15 is 0 Å². The van der Waals surface area contributed by atoms with E-state index in [1.165, 1.54) is 0 Å². The van der Waals surface area contributed by atoms with Gasteiger partial charge < -0.3 is 0 Å². The van der Waals surface area contributed by atoms with Crippen molar-refractivity contribution in [2.75, 3.05) is 0 Å². The van der Waals surface area contributed by atoms with Crippen molar-refractivity contribution in [2.24, 2.45) is 11.8 Å². The SMILES string of the molecule is CC(C)CCC(NN)c1cc(Br)ccc1Cl. The van der Waals surface area contributed by atoms with Crippen LogP contribution in [0.4, 0.5) is 0 Å². The molecule has 0 saturated heterocycles. The molecule has 0 saturated carbocycles. The Morgan fingerprint density at radius 2 is 2.06 bits per heavy atom. The maximum atomic E-state index is 6.17. The van der Waals surface area contributed by atoms with Crippen molar-refractivity contribution < 1.29 is 0 Å². The van der Waals surface area contributed by atoms with Crippen LogP contribution >= 0.6 is 27.5 Å². The molecule has 1 aromatic rings. The minimum Gasteiger partial charge on any atom is -0.271 e. The van der Waals surface area contributed by atoms with Crippen molar-refractivity contribution in [1.29, 1.82) is 0 Å². The summed E-state index contributed by atoms with van der Waals surface area (Å²) in [6.07, 6.45) is 2.11. The van der Waals surface area contributed by atoms with Crippen molar-refractivity contribution in [3.8, 4) is 0 Å². The number of rotatable bonds is 5. The van der Waals surface area contributed by atoms with Crippen LogP contribution in [0.15, 0.2) is 22.7 Å². The fourth-order valence-electron chi connectivity index (χ4n) is 1.61. The molecule has 0 aliphatic heterocycles. The van der Waals surface area contributed by atoms with E-state index in [1.54, 1.807) is 0 Å². The maximum Gasteiger partial charge on any atom is 0.0475 e. The Morgan fingerprint density at radius 1 is 1.38 bits per heavy atom. The fourth-order valence-corrected chi connectivity index (χ4v) is 2.24. The van der Waals surface area contributed by atoms with Gasteiger partial charge in [0.1, 0.15) is 0 Å². The van der Waals surface area contributed by atoms with Gasteiger partial charge in [0.15, 0.2) is 0 Å². The average molecular weight is 306 g/mol. The number of hydrogen-bond donors (Lipinski definition) is 2. The summed E-state index contributed by atoms with van der Waals surface area (Å²) in [5.41, 5.74) is 3.89. The van der Waals surface area contributed by atoms with Crippen molar-refractivity contribution in [1.82, 2.24) is 5.43 Å². The van der Waals surface area contributed by atoms with Gasteiger partial charge in [-0.15, -0.1) is 0 Å². The molecule has 0 bridgehead atoms. The van der Waals surface area contributed by atoms with Crippen LogP contribution in [0, 0.1) is 5.92 Å². The molecule has 0 aliphatic carbocycles. The molecule has 1 atom stereocenters. The van der Waals surface area contributed by atoms with Crippen LogP contribution in [-0.4, -0.2) is 0 Å². The third-order valence-electron chi connectivity index (χ3n) is 2.57. The molecular weight excluding hydrogens is 288 g/mol. The maximum absolute atomic E-state index is 6.17. The average Bonchev–Trinajstić information content (AvgIpc) is 2.23. The topological polar surface area (TPSA) is 38.0 Å². The normalized spacial score (nSPS) is 13.1. The quantitative estimate of drug-likeness (QED) is 0.636. The summed E-state index contributed by atoms with van der Waals surface area (Å²) in [5.74, 6) is 6.25. The highest BCUT2D eigenvalue weighted by Gasteiger charge is 2.14. The molecule has 3 N–H and O–H groups in total. The second kappa shape index (κ2) is 6.60. The first kappa shape index (κ1) is 14.0. The van der Waals surface area contributed by atoms with E-state index in [0.717, 1.165) is 27.9 Å². The Morgan fingerprint density at radius 3 is 2.62 bits per heavy atom. The molecular formula is C12H18BrClN2. The van der Waals surface area contributed by atoms with Gasteiger partial charge in [-0.1, -0.05) is 41.4 Å². The number of halogens is 2. The number of benzene rings is 1.